The molecule has 15 aromatic rings. The molecule has 10 aromatic carbocycles. The summed E-state index contributed by atoms with van der Waals surface area (Å²) in [7, 11) is 0. The van der Waals surface area contributed by atoms with E-state index in [0.29, 0.717) is 12.8 Å². The van der Waals surface area contributed by atoms with E-state index in [-0.39, 0.29) is 160 Å². The summed E-state index contributed by atoms with van der Waals surface area (Å²) in [4.78, 5) is 69.7. The largest absolute Gasteiger partial charge is 0.512 e. The van der Waals surface area contributed by atoms with Crippen LogP contribution in [0.1, 0.15) is 104 Å². The first-order chi connectivity index (χ1) is 62.0. The maximum atomic E-state index is 10.0. The zero-order chi connectivity index (χ0) is 93.8. The molecule has 707 valence electrons. The summed E-state index contributed by atoms with van der Waals surface area (Å²) in [5.74, 6) is -0.187. The van der Waals surface area contributed by atoms with Crippen molar-refractivity contribution in [1.29, 1.82) is 0 Å². The van der Waals surface area contributed by atoms with E-state index in [0.717, 1.165) is 112 Å². The number of aliphatic hydroxyl groups is 7. The fourth-order valence-corrected chi connectivity index (χ4v) is 12.4. The van der Waals surface area contributed by atoms with E-state index in [1.54, 1.807) is 59.2 Å². The summed E-state index contributed by atoms with van der Waals surface area (Å²) in [5, 5.41) is 59.3. The van der Waals surface area contributed by atoms with Crippen molar-refractivity contribution in [1.82, 2.24) is 44.9 Å². The molecule has 5 radical (unpaired) electrons. The van der Waals surface area contributed by atoms with E-state index in [9.17, 15) is 14.4 Å². The van der Waals surface area contributed by atoms with Crippen molar-refractivity contribution >= 4 is 17.3 Å². The Hall–Kier alpha value is -11.6. The van der Waals surface area contributed by atoms with Gasteiger partial charge in [-0.3, -0.25) is 34.3 Å². The molecule has 0 aliphatic heterocycles. The van der Waals surface area contributed by atoms with E-state index < -0.39 is 0 Å². The van der Waals surface area contributed by atoms with Gasteiger partial charge in [-0.1, -0.05) is 158 Å². The third kappa shape index (κ3) is 45.9. The Morgan fingerprint density at radius 3 is 0.970 bits per heavy atom. The van der Waals surface area contributed by atoms with Crippen LogP contribution in [0.5, 0.6) is 0 Å². The number of aromatic nitrogens is 9. The Kier molecular flexibility index (Phi) is 60.7. The number of benzene rings is 10. The van der Waals surface area contributed by atoms with E-state index in [2.05, 4.69) is 157 Å². The summed E-state index contributed by atoms with van der Waals surface area (Å²) in [5.41, 5.74) is 24.8. The topological polar surface area (TPSA) is 309 Å². The molecule has 0 fully saturated rings. The second-order valence-electron chi connectivity index (χ2n) is 29.6. The molecule has 0 aliphatic rings. The van der Waals surface area contributed by atoms with Crippen molar-refractivity contribution in [2.24, 2.45) is 0 Å². The van der Waals surface area contributed by atoms with Crippen LogP contribution in [-0.2, 0) is 115 Å². The Bertz CT molecular complexity index is 5650. The first-order valence-electron chi connectivity index (χ1n) is 41.7. The molecule has 0 spiro atoms. The van der Waals surface area contributed by atoms with Crippen molar-refractivity contribution in [3.8, 4) is 112 Å². The van der Waals surface area contributed by atoms with Gasteiger partial charge in [-0.15, -0.1) is 179 Å². The average molecular weight is 2680 g/mol. The minimum Gasteiger partial charge on any atom is -0.512 e. The number of aryl methyl sites for hydroxylation is 3. The van der Waals surface area contributed by atoms with Crippen LogP contribution in [0.4, 0.5) is 0 Å². The standard InChI is InChI=1S/C22H15N2.2C18H15N2.C16H11N2.C11H8N.2C5H12O2.3C5H8O2.5Ir/c1-4-10-17(11-5-1)20-21(18-12-6-2-7-13-18)23-16-24-22(20)19-14-8-3-9-15-19;1-13-7-6-8-14(2)18(13)17-11-16(19-12-20-17)15-9-4-3-5-10-15;1-13-8-6-7-11-16(13)18-14(2)17(19-12-20-18)15-9-4-3-5-10-15;1-3-7-13(8-4-1)15-11-16(18-12-17-15)14-9-5-2-6-10-14;1-2-6-10(7-3-1)11-8-4-5-9-12-11;5*1-4(6)3-5(2)7;;;;;/h1-14,16H;2*3-9,11-12H,1-2H3;1-9,11-12H;1-6,8-9H;2*4-7H,3H2,1-2H3;3*3,6H,1-2H3;;;;;/q5*-1;;;;;;;;;;. The molecule has 0 amide bonds. The molecule has 15 rings (SSSR count). The fourth-order valence-electron chi connectivity index (χ4n) is 12.4. The van der Waals surface area contributed by atoms with Gasteiger partial charge in [-0.25, -0.2) is 19.9 Å². The minimum atomic E-state index is -0.375. The number of allylic oxidation sites excluding steroid dienone is 6. The number of aliphatic hydroxyl groups excluding tert-OH is 7. The summed E-state index contributed by atoms with van der Waals surface area (Å²) in [6.07, 6.45) is 11.2. The number of carbonyl (C=O) groups is 3. The molecular weight excluding hydrogens is 2570 g/mol. The maximum Gasteiger partial charge on any atom is 0.155 e. The van der Waals surface area contributed by atoms with Crippen molar-refractivity contribution in [2.45, 2.75) is 134 Å². The van der Waals surface area contributed by atoms with Gasteiger partial charge in [0.1, 0.15) is 25.3 Å². The fraction of sp³-hybridized carbons (Fsp3) is 0.182. The average Bonchev–Trinajstić information content (AvgIpc) is 0.779. The molecule has 5 heterocycles. The maximum absolute atomic E-state index is 10.0. The van der Waals surface area contributed by atoms with Gasteiger partial charge in [-0.05, 0) is 183 Å². The monoisotopic (exact) mass is 2680 g/mol. The van der Waals surface area contributed by atoms with E-state index in [1.165, 1.54) is 82.0 Å². The number of rotatable bonds is 17. The molecule has 19 nitrogen and oxygen atoms in total. The third-order valence-electron chi connectivity index (χ3n) is 17.7. The Morgan fingerprint density at radius 1 is 0.291 bits per heavy atom. The molecule has 0 aliphatic carbocycles. The van der Waals surface area contributed by atoms with Crippen molar-refractivity contribution in [3.63, 3.8) is 0 Å². The Labute approximate surface area is 856 Å². The predicted octanol–water partition coefficient (Wildman–Crippen LogP) is 23.3. The number of pyridine rings is 1. The van der Waals surface area contributed by atoms with E-state index >= 15 is 0 Å². The van der Waals surface area contributed by atoms with Gasteiger partial charge in [0, 0.05) is 142 Å². The number of ketones is 3. The molecule has 7 N–H and O–H groups in total. The number of nitrogens with zero attached hydrogens (tertiary/aromatic N) is 9. The van der Waals surface area contributed by atoms with Gasteiger partial charge < -0.3 is 40.7 Å². The molecule has 0 saturated carbocycles. The summed E-state index contributed by atoms with van der Waals surface area (Å²) in [6.45, 7) is 23.6. The predicted molar refractivity (Wildman–Crippen MR) is 517 cm³/mol. The van der Waals surface area contributed by atoms with Crippen LogP contribution in [0.15, 0.2) is 352 Å². The van der Waals surface area contributed by atoms with Crippen LogP contribution >= 0.6 is 0 Å². The van der Waals surface area contributed by atoms with Gasteiger partial charge in [0.05, 0.1) is 64.5 Å². The van der Waals surface area contributed by atoms with Crippen LogP contribution < -0.4 is 0 Å². The Morgan fingerprint density at radius 2 is 0.604 bits per heavy atom. The summed E-state index contributed by atoms with van der Waals surface area (Å²) < 4.78 is 0. The van der Waals surface area contributed by atoms with Crippen molar-refractivity contribution in [2.75, 3.05) is 0 Å². The molecular formula is C110H112Ir5N9O10-5. The van der Waals surface area contributed by atoms with Gasteiger partial charge in [-0.2, -0.15) is 0 Å². The van der Waals surface area contributed by atoms with Gasteiger partial charge in [0.15, 0.2) is 17.3 Å². The zero-order valence-corrected chi connectivity index (χ0v) is 89.0. The first-order valence-corrected chi connectivity index (χ1v) is 41.7. The second-order valence-corrected chi connectivity index (χ2v) is 29.6. The molecule has 134 heavy (non-hydrogen) atoms. The Balaban J connectivity index is 0.000000768. The zero-order valence-electron chi connectivity index (χ0n) is 77.0. The van der Waals surface area contributed by atoms with Gasteiger partial charge >= 0.3 is 0 Å². The molecule has 24 heteroatoms. The van der Waals surface area contributed by atoms with Crippen molar-refractivity contribution < 1.29 is 151 Å². The molecule has 5 aromatic heterocycles. The van der Waals surface area contributed by atoms with Crippen LogP contribution in [0.25, 0.3) is 112 Å². The normalized spacial score (nSPS) is 11.0. The number of carbonyl (C=O) groups excluding carboxylic acids is 3. The quantitative estimate of drug-likeness (QED) is 0.0253. The van der Waals surface area contributed by atoms with Crippen LogP contribution in [-0.4, -0.2) is 122 Å². The molecule has 0 bridgehead atoms. The molecule has 4 atom stereocenters. The summed E-state index contributed by atoms with van der Waals surface area (Å²) >= 11 is 0. The van der Waals surface area contributed by atoms with Gasteiger partial charge in [0.2, 0.25) is 0 Å². The summed E-state index contributed by atoms with van der Waals surface area (Å²) in [6, 6.07) is 110. The number of hydrogen-bond acceptors (Lipinski definition) is 19. The third-order valence-corrected chi connectivity index (χ3v) is 17.7. The van der Waals surface area contributed by atoms with Crippen LogP contribution in [0.2, 0.25) is 0 Å². The van der Waals surface area contributed by atoms with Crippen LogP contribution in [0, 0.1) is 58.0 Å². The first kappa shape index (κ1) is 120. The van der Waals surface area contributed by atoms with Crippen molar-refractivity contribution in [3.05, 3.63) is 405 Å². The molecule has 4 unspecified atom stereocenters. The van der Waals surface area contributed by atoms with E-state index in [4.69, 9.17) is 35.7 Å². The molecule has 0 saturated heterocycles. The second kappa shape index (κ2) is 67.5. The number of hydrogen-bond donors (Lipinski definition) is 7. The van der Waals surface area contributed by atoms with E-state index in [1.807, 2.05) is 231 Å². The van der Waals surface area contributed by atoms with Crippen LogP contribution in [0.3, 0.4) is 0 Å². The van der Waals surface area contributed by atoms with Gasteiger partial charge in [0.25, 0.3) is 0 Å². The smallest absolute Gasteiger partial charge is 0.155 e. The minimum absolute atomic E-state index is 0. The SMILES string of the molecule is CC(=O)C=C(C)O.CC(=O)C=C(C)O.CC(=O)C=C(C)O.CC(O)CC(C)O.CC(O)CC(C)O.Cc1cccc(C)c1-c1cc(-c2[c-]cccc2)ncn1.Cc1ccccc1-c1ncnc(-c2[c-]cccc2)c1C.[Ir].[Ir].[Ir].[Ir].[Ir].[c-]1ccccc1-c1cc(-c2ccccc2)ncn1.[c-]1ccccc1-c1ccccn1.[c-]1ccccc1-c1ncnc(-c2ccccc2)c1-c1ccccc1.